The van der Waals surface area contributed by atoms with E-state index in [4.69, 9.17) is 4.74 Å². The lowest BCUT2D eigenvalue weighted by molar-refractivity contribution is -0.153. The third-order valence-corrected chi connectivity index (χ3v) is 9.95. The van der Waals surface area contributed by atoms with E-state index in [1.807, 2.05) is 54.6 Å². The van der Waals surface area contributed by atoms with E-state index in [0.29, 0.717) is 23.2 Å². The number of hydrogen-bond donors (Lipinski definition) is 2. The van der Waals surface area contributed by atoms with Crippen LogP contribution in [0.2, 0.25) is 0 Å². The predicted molar refractivity (Wildman–Crippen MR) is 184 cm³/mol. The lowest BCUT2D eigenvalue weighted by Gasteiger charge is -2.38. The number of benzene rings is 2. The number of nitrogens with zero attached hydrogens (tertiary/aromatic N) is 3. The van der Waals surface area contributed by atoms with Crippen molar-refractivity contribution in [2.24, 2.45) is 11.8 Å². The maximum absolute atomic E-state index is 13.5. The molecule has 1 fully saturated rings. The number of hydrogen-bond acceptors (Lipinski definition) is 7. The lowest BCUT2D eigenvalue weighted by atomic mass is 9.95. The maximum atomic E-state index is 13.5. The second-order valence-electron chi connectivity index (χ2n) is 13.3. The van der Waals surface area contributed by atoms with Crippen LogP contribution in [0.3, 0.4) is 0 Å². The van der Waals surface area contributed by atoms with E-state index in [9.17, 15) is 19.5 Å². The molecule has 2 amide bonds. The molecule has 0 saturated carbocycles. The molecule has 2 aromatic carbocycles. The molecule has 246 valence electrons. The highest BCUT2D eigenvalue weighted by molar-refractivity contribution is 7.14. The van der Waals surface area contributed by atoms with Gasteiger partial charge in [-0.05, 0) is 46.7 Å². The largest absolute Gasteiger partial charge is 0.493 e. The van der Waals surface area contributed by atoms with Gasteiger partial charge in [0.2, 0.25) is 5.91 Å². The summed E-state index contributed by atoms with van der Waals surface area (Å²) in [5.74, 6) is -0.201. The molecule has 0 aliphatic carbocycles. The highest BCUT2D eigenvalue weighted by Gasteiger charge is 2.39. The number of carboxylic acids is 1. The van der Waals surface area contributed by atoms with Crippen LogP contribution in [0.5, 0.6) is 5.75 Å². The van der Waals surface area contributed by atoms with Gasteiger partial charge in [0.1, 0.15) is 11.8 Å². The van der Waals surface area contributed by atoms with Crippen LogP contribution in [-0.4, -0.2) is 63.5 Å². The van der Waals surface area contributed by atoms with E-state index in [2.05, 4.69) is 49.9 Å². The van der Waals surface area contributed by atoms with Crippen LogP contribution >= 0.6 is 11.3 Å². The standard InChI is InChI=1S/C37H42N4O5S/c1-6-23(2)22-46-29-13-11-25(12-14-29)27-18-38-33(39-19-27)26-9-7-24(8-10-26)17-30(35(43)41-20-28(21-41)36(44)45)40-34(42)31-15-16-32(47-31)37(3,4)5/h7-16,18-19,23,28,30H,6,17,20-22H2,1-5H3,(H,40,42)(H,44,45)/t23?,30-/m0/s1. The zero-order valence-corrected chi connectivity index (χ0v) is 28.3. The molecule has 1 saturated heterocycles. The monoisotopic (exact) mass is 654 g/mol. The van der Waals surface area contributed by atoms with Gasteiger partial charge in [0.05, 0.1) is 17.4 Å². The lowest BCUT2D eigenvalue weighted by Crippen LogP contribution is -2.59. The summed E-state index contributed by atoms with van der Waals surface area (Å²) < 4.78 is 5.86. The summed E-state index contributed by atoms with van der Waals surface area (Å²) in [6.45, 7) is 11.5. The summed E-state index contributed by atoms with van der Waals surface area (Å²) in [5, 5.41) is 12.2. The first-order chi connectivity index (χ1) is 22.4. The molecule has 2 N–H and O–H groups in total. The van der Waals surface area contributed by atoms with Gasteiger partial charge in [-0.3, -0.25) is 14.4 Å². The quantitative estimate of drug-likeness (QED) is 0.179. The van der Waals surface area contributed by atoms with Crippen LogP contribution in [0.25, 0.3) is 22.5 Å². The molecule has 0 spiro atoms. The maximum Gasteiger partial charge on any atom is 0.310 e. The minimum absolute atomic E-state index is 0.0960. The van der Waals surface area contributed by atoms with E-state index in [1.165, 1.54) is 16.2 Å². The van der Waals surface area contributed by atoms with E-state index < -0.39 is 17.9 Å². The summed E-state index contributed by atoms with van der Waals surface area (Å²) in [6, 6.07) is 18.4. The first-order valence-electron chi connectivity index (χ1n) is 16.0. The molecule has 0 bridgehead atoms. The fourth-order valence-corrected chi connectivity index (χ4v) is 6.05. The zero-order valence-electron chi connectivity index (χ0n) is 27.5. The number of carboxylic acid groups (broad SMARTS) is 1. The summed E-state index contributed by atoms with van der Waals surface area (Å²) in [5.41, 5.74) is 3.46. The molecule has 1 unspecified atom stereocenters. The van der Waals surface area contributed by atoms with E-state index >= 15 is 0 Å². The second-order valence-corrected chi connectivity index (χ2v) is 14.3. The van der Waals surface area contributed by atoms with Gasteiger partial charge in [-0.2, -0.15) is 0 Å². The zero-order chi connectivity index (χ0) is 33.7. The number of amides is 2. The van der Waals surface area contributed by atoms with Crippen molar-refractivity contribution in [1.82, 2.24) is 20.2 Å². The van der Waals surface area contributed by atoms with Gasteiger partial charge >= 0.3 is 5.97 Å². The molecule has 3 heterocycles. The van der Waals surface area contributed by atoms with Gasteiger partial charge < -0.3 is 20.1 Å². The number of likely N-dealkylation sites (tertiary alicyclic amines) is 1. The minimum Gasteiger partial charge on any atom is -0.493 e. The molecule has 10 heteroatoms. The minimum atomic E-state index is -0.922. The number of aromatic nitrogens is 2. The Kier molecular flexibility index (Phi) is 10.4. The highest BCUT2D eigenvalue weighted by atomic mass is 32.1. The number of ether oxygens (including phenoxy) is 1. The van der Waals surface area contributed by atoms with E-state index in [1.54, 1.807) is 18.5 Å². The SMILES string of the molecule is CCC(C)COc1ccc(-c2cnc(-c3ccc(C[C@H](NC(=O)c4ccc(C(C)(C)C)s4)C(=O)N4CC(C(=O)O)C4)cc3)nc2)cc1. The Morgan fingerprint density at radius 2 is 1.60 bits per heavy atom. The van der Waals surface area contributed by atoms with Crippen LogP contribution in [-0.2, 0) is 21.4 Å². The second kappa shape index (κ2) is 14.5. The molecule has 0 radical (unpaired) electrons. The number of thiophene rings is 1. The molecular weight excluding hydrogens is 612 g/mol. The van der Waals surface area contributed by atoms with Gasteiger partial charge in [0, 0.05) is 47.9 Å². The number of carbonyl (C=O) groups excluding carboxylic acids is 2. The average molecular weight is 655 g/mol. The van der Waals surface area contributed by atoms with Gasteiger partial charge in [-0.1, -0.05) is 77.4 Å². The van der Waals surface area contributed by atoms with Crippen molar-refractivity contribution in [2.45, 2.75) is 58.9 Å². The molecule has 4 aromatic rings. The van der Waals surface area contributed by atoms with Crippen molar-refractivity contribution in [2.75, 3.05) is 19.7 Å². The Hall–Kier alpha value is -4.57. The van der Waals surface area contributed by atoms with E-state index in [-0.39, 0.29) is 36.7 Å². The van der Waals surface area contributed by atoms with Crippen molar-refractivity contribution in [3.8, 4) is 28.3 Å². The summed E-state index contributed by atoms with van der Waals surface area (Å²) in [4.78, 5) is 50.3. The first-order valence-corrected chi connectivity index (χ1v) is 16.8. The van der Waals surface area contributed by atoms with Crippen molar-refractivity contribution < 1.29 is 24.2 Å². The smallest absolute Gasteiger partial charge is 0.310 e. The molecule has 47 heavy (non-hydrogen) atoms. The van der Waals surface area contributed by atoms with E-state index in [0.717, 1.165) is 39.3 Å². The molecule has 1 aliphatic rings. The third kappa shape index (κ3) is 8.43. The van der Waals surface area contributed by atoms with Crippen molar-refractivity contribution in [1.29, 1.82) is 0 Å². The summed E-state index contributed by atoms with van der Waals surface area (Å²) in [7, 11) is 0. The molecule has 5 rings (SSSR count). The molecule has 1 aliphatic heterocycles. The number of nitrogens with one attached hydrogen (secondary N) is 1. The summed E-state index contributed by atoms with van der Waals surface area (Å²) in [6.07, 6.45) is 4.92. The van der Waals surface area contributed by atoms with Crippen LogP contribution in [0, 0.1) is 11.8 Å². The summed E-state index contributed by atoms with van der Waals surface area (Å²) >= 11 is 1.41. The van der Waals surface area contributed by atoms with Gasteiger partial charge in [-0.15, -0.1) is 11.3 Å². The number of carbonyl (C=O) groups is 3. The highest BCUT2D eigenvalue weighted by Crippen LogP contribution is 2.30. The molecule has 2 atom stereocenters. The van der Waals surface area contributed by atoms with Gasteiger partial charge in [0.25, 0.3) is 5.91 Å². The first kappa shape index (κ1) is 33.8. The molecule has 2 aromatic heterocycles. The Morgan fingerprint density at radius 1 is 0.957 bits per heavy atom. The number of aliphatic carboxylic acids is 1. The Bertz CT molecular complexity index is 1690. The number of rotatable bonds is 12. The van der Waals surface area contributed by atoms with Crippen LogP contribution in [0.1, 0.15) is 61.2 Å². The average Bonchev–Trinajstić information content (AvgIpc) is 3.55. The normalized spacial score (nSPS) is 14.6. The third-order valence-electron chi connectivity index (χ3n) is 8.44. The molecular formula is C37H42N4O5S. The Morgan fingerprint density at radius 3 is 2.17 bits per heavy atom. The van der Waals surface area contributed by atoms with Crippen molar-refractivity contribution >= 4 is 29.1 Å². The van der Waals surface area contributed by atoms with Gasteiger partial charge in [0.15, 0.2) is 5.82 Å². The predicted octanol–water partition coefficient (Wildman–Crippen LogP) is 6.48. The van der Waals surface area contributed by atoms with Crippen molar-refractivity contribution in [3.63, 3.8) is 0 Å². The fraction of sp³-hybridized carbons (Fsp3) is 0.378. The Labute approximate surface area is 280 Å². The fourth-order valence-electron chi connectivity index (χ4n) is 5.08. The van der Waals surface area contributed by atoms with Crippen LogP contribution in [0.15, 0.2) is 73.1 Å². The molecule has 9 nitrogen and oxygen atoms in total. The van der Waals surface area contributed by atoms with Crippen LogP contribution < -0.4 is 10.1 Å². The van der Waals surface area contributed by atoms with Crippen LogP contribution in [0.4, 0.5) is 0 Å². The van der Waals surface area contributed by atoms with Crippen molar-refractivity contribution in [3.05, 3.63) is 88.4 Å². The Balaban J connectivity index is 1.26. The van der Waals surface area contributed by atoms with Gasteiger partial charge in [-0.25, -0.2) is 9.97 Å². The topological polar surface area (TPSA) is 122 Å².